The second-order valence-electron chi connectivity index (χ2n) is 6.55. The number of aryl methyl sites for hydroxylation is 1. The van der Waals surface area contributed by atoms with Crippen molar-refractivity contribution in [2.24, 2.45) is 11.1 Å². The lowest BCUT2D eigenvalue weighted by molar-refractivity contribution is 0.324. The predicted molar refractivity (Wildman–Crippen MR) is 75.9 cm³/mol. The summed E-state index contributed by atoms with van der Waals surface area (Å²) >= 11 is 0. The van der Waals surface area contributed by atoms with Gasteiger partial charge in [0.25, 0.3) is 0 Å². The van der Waals surface area contributed by atoms with Gasteiger partial charge in [-0.1, -0.05) is 26.0 Å². The highest BCUT2D eigenvalue weighted by Gasteiger charge is 2.39. The molecule has 1 aromatic carbocycles. The molecule has 2 heteroatoms. The van der Waals surface area contributed by atoms with Crippen molar-refractivity contribution in [2.45, 2.75) is 51.5 Å². The van der Waals surface area contributed by atoms with Crippen LogP contribution in [-0.4, -0.2) is 12.6 Å². The van der Waals surface area contributed by atoms with Crippen LogP contribution in [0, 0.1) is 5.41 Å². The quantitative estimate of drug-likeness (QED) is 0.883. The topological polar surface area (TPSA) is 35.2 Å². The summed E-state index contributed by atoms with van der Waals surface area (Å²) in [6.07, 6.45) is 5.72. The Balaban J connectivity index is 1.91. The summed E-state index contributed by atoms with van der Waals surface area (Å²) in [5.41, 5.74) is 8.34. The van der Waals surface area contributed by atoms with Crippen molar-refractivity contribution in [1.29, 1.82) is 0 Å². The van der Waals surface area contributed by atoms with Crippen LogP contribution in [0.15, 0.2) is 24.3 Å². The van der Waals surface area contributed by atoms with Gasteiger partial charge in [-0.25, -0.2) is 0 Å². The first-order chi connectivity index (χ1) is 8.42. The summed E-state index contributed by atoms with van der Waals surface area (Å²) < 4.78 is 5.17. The van der Waals surface area contributed by atoms with Gasteiger partial charge in [0.05, 0.1) is 7.11 Å². The molecular formula is C16H25NO. The van der Waals surface area contributed by atoms with E-state index in [-0.39, 0.29) is 5.54 Å². The fourth-order valence-electron chi connectivity index (χ4n) is 3.12. The van der Waals surface area contributed by atoms with E-state index in [1.54, 1.807) is 7.11 Å². The second-order valence-corrected chi connectivity index (χ2v) is 6.55. The Hall–Kier alpha value is -1.02. The molecule has 0 saturated heterocycles. The van der Waals surface area contributed by atoms with Gasteiger partial charge in [0, 0.05) is 5.54 Å². The van der Waals surface area contributed by atoms with Gasteiger partial charge in [-0.3, -0.25) is 0 Å². The summed E-state index contributed by atoms with van der Waals surface area (Å²) in [7, 11) is 1.70. The Morgan fingerprint density at radius 3 is 2.33 bits per heavy atom. The van der Waals surface area contributed by atoms with E-state index >= 15 is 0 Å². The van der Waals surface area contributed by atoms with Crippen LogP contribution in [-0.2, 0) is 6.42 Å². The van der Waals surface area contributed by atoms with Crippen LogP contribution in [0.4, 0.5) is 0 Å². The first kappa shape index (κ1) is 13.4. The fraction of sp³-hybridized carbons (Fsp3) is 0.625. The number of hydrogen-bond acceptors (Lipinski definition) is 2. The fourth-order valence-corrected chi connectivity index (χ4v) is 3.12. The van der Waals surface area contributed by atoms with Crippen LogP contribution in [0.1, 0.15) is 45.1 Å². The van der Waals surface area contributed by atoms with E-state index in [0.717, 1.165) is 31.4 Å². The van der Waals surface area contributed by atoms with Gasteiger partial charge in [-0.05, 0) is 55.2 Å². The van der Waals surface area contributed by atoms with Crippen molar-refractivity contribution in [3.05, 3.63) is 29.8 Å². The molecule has 0 aromatic heterocycles. The molecule has 0 heterocycles. The molecule has 1 aromatic rings. The smallest absolute Gasteiger partial charge is 0.118 e. The highest BCUT2D eigenvalue weighted by Crippen LogP contribution is 2.44. The molecule has 1 aliphatic rings. The Morgan fingerprint density at radius 1 is 1.17 bits per heavy atom. The lowest BCUT2D eigenvalue weighted by Gasteiger charge is -2.26. The van der Waals surface area contributed by atoms with Gasteiger partial charge in [0.15, 0.2) is 0 Å². The Kier molecular flexibility index (Phi) is 3.67. The molecule has 1 unspecified atom stereocenters. The zero-order chi connectivity index (χ0) is 13.2. The van der Waals surface area contributed by atoms with Crippen LogP contribution in [0.2, 0.25) is 0 Å². The van der Waals surface area contributed by atoms with Gasteiger partial charge < -0.3 is 10.5 Å². The van der Waals surface area contributed by atoms with Crippen molar-refractivity contribution >= 4 is 0 Å². The van der Waals surface area contributed by atoms with Crippen molar-refractivity contribution in [3.63, 3.8) is 0 Å². The Bertz CT molecular complexity index is 396. The number of benzene rings is 1. The number of rotatable bonds is 4. The minimum atomic E-state index is 0.0451. The minimum absolute atomic E-state index is 0.0451. The van der Waals surface area contributed by atoms with Crippen LogP contribution in [0.5, 0.6) is 5.75 Å². The largest absolute Gasteiger partial charge is 0.497 e. The normalized spacial score (nSPS) is 26.2. The van der Waals surface area contributed by atoms with E-state index in [1.165, 1.54) is 12.0 Å². The van der Waals surface area contributed by atoms with E-state index in [0.29, 0.717) is 5.41 Å². The van der Waals surface area contributed by atoms with E-state index in [2.05, 4.69) is 26.0 Å². The molecule has 2 nitrogen and oxygen atoms in total. The van der Waals surface area contributed by atoms with Gasteiger partial charge in [-0.15, -0.1) is 0 Å². The van der Waals surface area contributed by atoms with E-state index in [1.807, 2.05) is 12.1 Å². The van der Waals surface area contributed by atoms with Crippen molar-refractivity contribution < 1.29 is 4.74 Å². The monoisotopic (exact) mass is 247 g/mol. The first-order valence-corrected chi connectivity index (χ1v) is 6.84. The maximum absolute atomic E-state index is 6.51. The summed E-state index contributed by atoms with van der Waals surface area (Å²) in [5, 5.41) is 0. The third kappa shape index (κ3) is 3.26. The van der Waals surface area contributed by atoms with Gasteiger partial charge in [0.1, 0.15) is 5.75 Å². The molecule has 1 aliphatic carbocycles. The molecule has 2 rings (SSSR count). The number of nitrogens with two attached hydrogens (primary N) is 1. The van der Waals surface area contributed by atoms with Gasteiger partial charge >= 0.3 is 0 Å². The van der Waals surface area contributed by atoms with Crippen molar-refractivity contribution in [3.8, 4) is 5.75 Å². The molecule has 100 valence electrons. The maximum Gasteiger partial charge on any atom is 0.118 e. The Labute approximate surface area is 111 Å². The molecule has 0 bridgehead atoms. The lowest BCUT2D eigenvalue weighted by Crippen LogP contribution is -2.38. The second kappa shape index (κ2) is 4.93. The molecule has 1 atom stereocenters. The number of hydrogen-bond donors (Lipinski definition) is 1. The molecule has 0 aliphatic heterocycles. The van der Waals surface area contributed by atoms with Gasteiger partial charge in [-0.2, -0.15) is 0 Å². The third-order valence-corrected chi connectivity index (χ3v) is 4.20. The van der Waals surface area contributed by atoms with E-state index in [9.17, 15) is 0 Å². The standard InChI is InChI=1S/C16H25NO/c1-15(2)10-11-16(17,12-15)9-8-13-4-6-14(18-3)7-5-13/h4-7H,8-12,17H2,1-3H3. The minimum Gasteiger partial charge on any atom is -0.497 e. The molecule has 0 spiro atoms. The molecular weight excluding hydrogens is 222 g/mol. The third-order valence-electron chi connectivity index (χ3n) is 4.20. The van der Waals surface area contributed by atoms with Crippen molar-refractivity contribution in [2.75, 3.05) is 7.11 Å². The highest BCUT2D eigenvalue weighted by atomic mass is 16.5. The van der Waals surface area contributed by atoms with E-state index in [4.69, 9.17) is 10.5 Å². The van der Waals surface area contributed by atoms with Crippen LogP contribution in [0.25, 0.3) is 0 Å². The molecule has 1 fully saturated rings. The van der Waals surface area contributed by atoms with Crippen LogP contribution < -0.4 is 10.5 Å². The summed E-state index contributed by atoms with van der Waals surface area (Å²) in [6.45, 7) is 4.66. The number of ether oxygens (including phenoxy) is 1. The SMILES string of the molecule is COc1ccc(CCC2(N)CCC(C)(C)C2)cc1. The maximum atomic E-state index is 6.51. The predicted octanol–water partition coefficient (Wildman–Crippen LogP) is 3.54. The first-order valence-electron chi connectivity index (χ1n) is 6.84. The zero-order valence-corrected chi connectivity index (χ0v) is 11.8. The molecule has 0 radical (unpaired) electrons. The number of methoxy groups -OCH3 is 1. The summed E-state index contributed by atoms with van der Waals surface area (Å²) in [4.78, 5) is 0. The average Bonchev–Trinajstić information content (AvgIpc) is 2.62. The van der Waals surface area contributed by atoms with Crippen molar-refractivity contribution in [1.82, 2.24) is 0 Å². The van der Waals surface area contributed by atoms with Gasteiger partial charge in [0.2, 0.25) is 0 Å². The van der Waals surface area contributed by atoms with E-state index < -0.39 is 0 Å². The molecule has 1 saturated carbocycles. The lowest BCUT2D eigenvalue weighted by atomic mass is 9.85. The van der Waals surface area contributed by atoms with Crippen LogP contribution >= 0.6 is 0 Å². The summed E-state index contributed by atoms with van der Waals surface area (Å²) in [6, 6.07) is 8.33. The molecule has 0 amide bonds. The molecule has 2 N–H and O–H groups in total. The zero-order valence-electron chi connectivity index (χ0n) is 11.8. The Morgan fingerprint density at radius 2 is 1.83 bits per heavy atom. The van der Waals surface area contributed by atoms with Crippen LogP contribution in [0.3, 0.4) is 0 Å². The molecule has 18 heavy (non-hydrogen) atoms. The summed E-state index contributed by atoms with van der Waals surface area (Å²) in [5.74, 6) is 0.920. The highest BCUT2D eigenvalue weighted by molar-refractivity contribution is 5.27. The average molecular weight is 247 g/mol.